The van der Waals surface area contributed by atoms with Crippen molar-refractivity contribution < 1.29 is 18.5 Å². The van der Waals surface area contributed by atoms with Gasteiger partial charge in [0, 0.05) is 64.0 Å². The number of likely N-dealkylation sites (tertiary alicyclic amines) is 1. The van der Waals surface area contributed by atoms with Crippen LogP contribution in [0.2, 0.25) is 5.02 Å². The van der Waals surface area contributed by atoms with Gasteiger partial charge in [-0.25, -0.2) is 0 Å². The van der Waals surface area contributed by atoms with Gasteiger partial charge in [-0.3, -0.25) is 13.8 Å². The molecule has 6 nitrogen and oxygen atoms in total. The first-order chi connectivity index (χ1) is 14.9. The maximum absolute atomic E-state index is 12.4. The second kappa shape index (κ2) is 10.9. The highest BCUT2D eigenvalue weighted by atomic mass is 35.5. The maximum Gasteiger partial charge on any atom is 0.293 e. The van der Waals surface area contributed by atoms with Gasteiger partial charge in [-0.1, -0.05) is 41.9 Å². The zero-order chi connectivity index (χ0) is 22.4. The van der Waals surface area contributed by atoms with Gasteiger partial charge in [-0.05, 0) is 36.7 Å². The molecule has 0 spiro atoms. The fourth-order valence-corrected chi connectivity index (χ4v) is 4.56. The zero-order valence-corrected chi connectivity index (χ0v) is 19.2. The van der Waals surface area contributed by atoms with E-state index in [0.717, 1.165) is 11.1 Å². The minimum absolute atomic E-state index is 0.0167. The molecule has 2 aromatic rings. The molecule has 2 aromatic carbocycles. The molecule has 2 unspecified atom stereocenters. The molecular weight excluding hydrogens is 436 g/mol. The van der Waals surface area contributed by atoms with E-state index >= 15 is 0 Å². The van der Waals surface area contributed by atoms with E-state index in [9.17, 15) is 13.8 Å². The average molecular weight is 463 g/mol. The Morgan fingerprint density at radius 2 is 2.00 bits per heavy atom. The van der Waals surface area contributed by atoms with Crippen molar-refractivity contribution in [2.24, 2.45) is 0 Å². The van der Waals surface area contributed by atoms with Crippen LogP contribution in [0.1, 0.15) is 24.3 Å². The van der Waals surface area contributed by atoms with Crippen LogP contribution in [-0.4, -0.2) is 60.5 Å². The van der Waals surface area contributed by atoms with Crippen molar-refractivity contribution in [2.75, 3.05) is 33.0 Å². The summed E-state index contributed by atoms with van der Waals surface area (Å²) in [5, 5.41) is 3.64. The lowest BCUT2D eigenvalue weighted by atomic mass is 9.89. The number of nitrogens with one attached hydrogen (secondary N) is 1. The lowest BCUT2D eigenvalue weighted by Crippen LogP contribution is -2.48. The van der Waals surface area contributed by atoms with E-state index in [1.807, 2.05) is 29.2 Å². The summed E-state index contributed by atoms with van der Waals surface area (Å²) < 4.78 is 16.4. The lowest BCUT2D eigenvalue weighted by molar-refractivity contribution is -0.135. The molecule has 0 aliphatic carbocycles. The minimum Gasteiger partial charge on any atom is -0.466 e. The van der Waals surface area contributed by atoms with Crippen LogP contribution < -0.4 is 5.32 Å². The van der Waals surface area contributed by atoms with Crippen molar-refractivity contribution in [2.45, 2.75) is 29.7 Å². The Bertz CT molecular complexity index is 945. The molecule has 0 radical (unpaired) electrons. The highest BCUT2D eigenvalue weighted by molar-refractivity contribution is 7.84. The van der Waals surface area contributed by atoms with Crippen molar-refractivity contribution >= 4 is 34.8 Å². The van der Waals surface area contributed by atoms with Crippen molar-refractivity contribution in [1.29, 1.82) is 0 Å². The molecule has 0 saturated carbocycles. The number of carbonyl (C=O) groups is 2. The first kappa shape index (κ1) is 23.4. The van der Waals surface area contributed by atoms with Gasteiger partial charge in [0.2, 0.25) is 5.91 Å². The standard InChI is InChI=1S/C23H27ClN2O4S/c1-25-19(14-30-15-27)7-10-23(28)26-12-18(13-26)16-3-5-17(6-4-16)21-9-8-20(31(2)29)11-22(21)24/h3-6,8-9,11,15,18-19,25H,7,10,12-14H2,1-2H3. The van der Waals surface area contributed by atoms with E-state index in [2.05, 4.69) is 17.4 Å². The number of hydrogen-bond donors (Lipinski definition) is 1. The van der Waals surface area contributed by atoms with Crippen LogP contribution >= 0.6 is 11.6 Å². The Morgan fingerprint density at radius 3 is 2.58 bits per heavy atom. The summed E-state index contributed by atoms with van der Waals surface area (Å²) in [4.78, 5) is 25.3. The molecule has 1 saturated heterocycles. The molecule has 3 rings (SSSR count). The molecule has 2 atom stereocenters. The largest absolute Gasteiger partial charge is 0.466 e. The molecule has 1 heterocycles. The van der Waals surface area contributed by atoms with Gasteiger partial charge < -0.3 is 15.0 Å². The third kappa shape index (κ3) is 5.93. The Balaban J connectivity index is 1.53. The van der Waals surface area contributed by atoms with Gasteiger partial charge in [-0.2, -0.15) is 0 Å². The number of nitrogens with zero attached hydrogens (tertiary/aromatic N) is 1. The second-order valence-corrected chi connectivity index (χ2v) is 9.45. The monoisotopic (exact) mass is 462 g/mol. The zero-order valence-electron chi connectivity index (χ0n) is 17.7. The summed E-state index contributed by atoms with van der Waals surface area (Å²) in [6, 6.07) is 13.7. The molecule has 1 fully saturated rings. The molecular formula is C23H27ClN2O4S. The molecule has 0 bridgehead atoms. The molecule has 1 N–H and O–H groups in total. The second-order valence-electron chi connectivity index (χ2n) is 7.67. The van der Waals surface area contributed by atoms with Crippen LogP contribution in [-0.2, 0) is 25.1 Å². The minimum atomic E-state index is -1.06. The lowest BCUT2D eigenvalue weighted by Gasteiger charge is -2.40. The first-order valence-corrected chi connectivity index (χ1v) is 12.1. The Kier molecular flexibility index (Phi) is 8.23. The van der Waals surface area contributed by atoms with E-state index in [-0.39, 0.29) is 18.6 Å². The predicted octanol–water partition coefficient (Wildman–Crippen LogP) is 3.21. The fraction of sp³-hybridized carbons (Fsp3) is 0.391. The van der Waals surface area contributed by atoms with Crippen LogP contribution in [0.5, 0.6) is 0 Å². The average Bonchev–Trinajstić information content (AvgIpc) is 2.73. The van der Waals surface area contributed by atoms with E-state index in [1.54, 1.807) is 19.4 Å². The molecule has 166 valence electrons. The Hall–Kier alpha value is -2.22. The Labute approximate surface area is 190 Å². The van der Waals surface area contributed by atoms with Crippen molar-refractivity contribution in [3.05, 3.63) is 53.1 Å². The number of rotatable bonds is 10. The van der Waals surface area contributed by atoms with E-state index in [0.29, 0.717) is 48.2 Å². The summed E-state index contributed by atoms with van der Waals surface area (Å²) in [6.45, 7) is 2.12. The quantitative estimate of drug-likeness (QED) is 0.549. The number of halogens is 1. The Morgan fingerprint density at radius 1 is 1.29 bits per heavy atom. The summed E-state index contributed by atoms with van der Waals surface area (Å²) >= 11 is 6.39. The summed E-state index contributed by atoms with van der Waals surface area (Å²) in [5.41, 5.74) is 3.11. The van der Waals surface area contributed by atoms with Gasteiger partial charge in [0.25, 0.3) is 6.47 Å². The first-order valence-electron chi connectivity index (χ1n) is 10.2. The highest BCUT2D eigenvalue weighted by Gasteiger charge is 2.31. The molecule has 1 aliphatic rings. The van der Waals surface area contributed by atoms with Crippen LogP contribution in [0.4, 0.5) is 0 Å². The highest BCUT2D eigenvalue weighted by Crippen LogP contribution is 2.33. The van der Waals surface area contributed by atoms with Crippen molar-refractivity contribution in [1.82, 2.24) is 10.2 Å². The topological polar surface area (TPSA) is 75.7 Å². The van der Waals surface area contributed by atoms with Gasteiger partial charge in [-0.15, -0.1) is 0 Å². The van der Waals surface area contributed by atoms with Gasteiger partial charge in [0.1, 0.15) is 6.61 Å². The SMILES string of the molecule is CNC(CCC(=O)N1CC(c2ccc(-c3ccc(S(C)=O)cc3Cl)cc2)C1)COC=O. The molecule has 0 aromatic heterocycles. The number of ether oxygens (including phenoxy) is 1. The van der Waals surface area contributed by atoms with E-state index in [1.165, 1.54) is 5.56 Å². The number of amides is 1. The smallest absolute Gasteiger partial charge is 0.293 e. The number of hydrogen-bond acceptors (Lipinski definition) is 5. The summed E-state index contributed by atoms with van der Waals surface area (Å²) in [7, 11) is 0.729. The van der Waals surface area contributed by atoms with Gasteiger partial charge in [0.15, 0.2) is 0 Å². The summed E-state index contributed by atoms with van der Waals surface area (Å²) in [5.74, 6) is 0.455. The number of carbonyl (C=O) groups excluding carboxylic acids is 2. The maximum atomic E-state index is 12.4. The van der Waals surface area contributed by atoms with Crippen LogP contribution in [0.25, 0.3) is 11.1 Å². The van der Waals surface area contributed by atoms with Crippen molar-refractivity contribution in [3.63, 3.8) is 0 Å². The fourth-order valence-electron chi connectivity index (χ4n) is 3.66. The molecule has 1 aliphatic heterocycles. The van der Waals surface area contributed by atoms with E-state index < -0.39 is 10.8 Å². The molecule has 8 heteroatoms. The third-order valence-corrected chi connectivity index (χ3v) is 6.91. The third-order valence-electron chi connectivity index (χ3n) is 5.68. The van der Waals surface area contributed by atoms with Crippen LogP contribution in [0, 0.1) is 0 Å². The molecule has 31 heavy (non-hydrogen) atoms. The normalized spacial score (nSPS) is 15.8. The van der Waals surface area contributed by atoms with Crippen molar-refractivity contribution in [3.8, 4) is 11.1 Å². The number of likely N-dealkylation sites (N-methyl/N-ethyl adjacent to an activating group) is 1. The molecule has 1 amide bonds. The van der Waals surface area contributed by atoms with Crippen LogP contribution in [0.15, 0.2) is 47.4 Å². The van der Waals surface area contributed by atoms with E-state index in [4.69, 9.17) is 16.3 Å². The predicted molar refractivity (Wildman–Crippen MR) is 123 cm³/mol. The van der Waals surface area contributed by atoms with Gasteiger partial charge in [0.05, 0.1) is 0 Å². The van der Waals surface area contributed by atoms with Crippen LogP contribution in [0.3, 0.4) is 0 Å². The summed E-state index contributed by atoms with van der Waals surface area (Å²) in [6.07, 6.45) is 2.69. The number of benzene rings is 2. The van der Waals surface area contributed by atoms with Gasteiger partial charge >= 0.3 is 0 Å².